The number of nitrogens with zero attached hydrogens (tertiary/aromatic N) is 1. The van der Waals surface area contributed by atoms with Gasteiger partial charge in [0.2, 0.25) is 0 Å². The van der Waals surface area contributed by atoms with Crippen LogP contribution in [0.3, 0.4) is 0 Å². The van der Waals surface area contributed by atoms with Gasteiger partial charge in [-0.15, -0.1) is 0 Å². The smallest absolute Gasteiger partial charge is 0.143 e. The first-order chi connectivity index (χ1) is 30.7. The van der Waals surface area contributed by atoms with Gasteiger partial charge in [0.15, 0.2) is 0 Å². The molecular weight excluding hydrogens is 751 g/mol. The van der Waals surface area contributed by atoms with Crippen molar-refractivity contribution in [3.63, 3.8) is 0 Å². The Morgan fingerprint density at radius 2 is 0.790 bits per heavy atom. The Balaban J connectivity index is 0.953. The van der Waals surface area contributed by atoms with Crippen molar-refractivity contribution >= 4 is 71.3 Å². The lowest BCUT2D eigenvalue weighted by molar-refractivity contribution is 0.673. The van der Waals surface area contributed by atoms with E-state index >= 15 is 0 Å². The van der Waals surface area contributed by atoms with E-state index in [1.165, 1.54) is 60.3 Å². The Kier molecular flexibility index (Phi) is 8.53. The Hall–Kier alpha value is -8.20. The lowest BCUT2D eigenvalue weighted by Gasteiger charge is -2.26. The van der Waals surface area contributed by atoms with Crippen LogP contribution in [-0.2, 0) is 0 Å². The third-order valence-corrected chi connectivity index (χ3v) is 12.5. The van der Waals surface area contributed by atoms with E-state index in [1.54, 1.807) is 0 Å². The third-order valence-electron chi connectivity index (χ3n) is 12.5. The Morgan fingerprint density at radius 1 is 0.274 bits per heavy atom. The van der Waals surface area contributed by atoms with Gasteiger partial charge in [0, 0.05) is 33.2 Å². The maximum atomic E-state index is 6.55. The number of hydrogen-bond donors (Lipinski definition) is 0. The monoisotopic (exact) mass is 789 g/mol. The summed E-state index contributed by atoms with van der Waals surface area (Å²) in [5, 5.41) is 9.63. The minimum absolute atomic E-state index is 0.897. The highest BCUT2D eigenvalue weighted by Gasteiger charge is 2.18. The standard InChI is InChI=1S/C60H39NO/c1-2-12-40(13-3-1)45-16-10-17-46(38-45)41-24-31-48(32-25-41)61(50-35-28-44(29-36-50)57-39-47-15-5-6-18-51(47)54-20-8-9-21-55(54)57)49-33-26-43(27-34-49)52-22-11-23-58-59(52)56-37-30-42-14-4-7-19-53(42)60(56)62-58/h1-39H. The predicted molar refractivity (Wildman–Crippen MR) is 263 cm³/mol. The zero-order valence-corrected chi connectivity index (χ0v) is 33.9. The second-order valence-electron chi connectivity index (χ2n) is 16.1. The average molecular weight is 790 g/mol. The summed E-state index contributed by atoms with van der Waals surface area (Å²) < 4.78 is 6.55. The summed E-state index contributed by atoms with van der Waals surface area (Å²) in [5.41, 5.74) is 14.6. The molecule has 2 nitrogen and oxygen atoms in total. The minimum atomic E-state index is 0.897. The predicted octanol–water partition coefficient (Wildman–Crippen LogP) is 17.2. The van der Waals surface area contributed by atoms with Gasteiger partial charge < -0.3 is 9.32 Å². The van der Waals surface area contributed by atoms with Crippen molar-refractivity contribution in [2.24, 2.45) is 0 Å². The van der Waals surface area contributed by atoms with Crippen LogP contribution in [0.2, 0.25) is 0 Å². The van der Waals surface area contributed by atoms with Crippen LogP contribution in [0.5, 0.6) is 0 Å². The summed E-state index contributed by atoms with van der Waals surface area (Å²) in [6.45, 7) is 0. The molecule has 0 aliphatic heterocycles. The SMILES string of the molecule is c1ccc(-c2cccc(-c3ccc(N(c4ccc(-c5cc6ccccc6c6ccccc56)cc4)c4ccc(-c5cccc6oc7c8ccccc8ccc7c56)cc4)cc3)c2)cc1. The highest BCUT2D eigenvalue weighted by molar-refractivity contribution is 6.19. The fraction of sp³-hybridized carbons (Fsp3) is 0. The Bertz CT molecular complexity index is 3600. The molecule has 12 rings (SSSR count). The molecule has 290 valence electrons. The maximum absolute atomic E-state index is 6.55. The fourth-order valence-corrected chi connectivity index (χ4v) is 9.43. The van der Waals surface area contributed by atoms with Gasteiger partial charge in [-0.2, -0.15) is 0 Å². The van der Waals surface area contributed by atoms with E-state index in [4.69, 9.17) is 4.42 Å². The Morgan fingerprint density at radius 3 is 1.48 bits per heavy atom. The van der Waals surface area contributed by atoms with Crippen molar-refractivity contribution < 1.29 is 4.42 Å². The van der Waals surface area contributed by atoms with Crippen LogP contribution in [0, 0.1) is 0 Å². The zero-order valence-electron chi connectivity index (χ0n) is 33.9. The first kappa shape index (κ1) is 35.7. The van der Waals surface area contributed by atoms with Crippen molar-refractivity contribution in [3.05, 3.63) is 237 Å². The second-order valence-corrected chi connectivity index (χ2v) is 16.1. The Labute approximate surface area is 360 Å². The van der Waals surface area contributed by atoms with Crippen LogP contribution in [-0.4, -0.2) is 0 Å². The lowest BCUT2D eigenvalue weighted by Crippen LogP contribution is -2.09. The molecule has 0 bridgehead atoms. The summed E-state index contributed by atoms with van der Waals surface area (Å²) in [6.07, 6.45) is 0. The zero-order chi connectivity index (χ0) is 41.0. The summed E-state index contributed by atoms with van der Waals surface area (Å²) in [4.78, 5) is 2.36. The van der Waals surface area contributed by atoms with Crippen LogP contribution >= 0.6 is 0 Å². The molecule has 1 aromatic heterocycles. The molecule has 0 saturated heterocycles. The number of hydrogen-bond acceptors (Lipinski definition) is 2. The largest absolute Gasteiger partial charge is 0.455 e. The summed E-state index contributed by atoms with van der Waals surface area (Å²) in [6, 6.07) is 85.4. The summed E-state index contributed by atoms with van der Waals surface area (Å²) in [5.74, 6) is 0. The van der Waals surface area contributed by atoms with Crippen LogP contribution < -0.4 is 4.90 Å². The molecule has 0 aliphatic carbocycles. The van der Waals surface area contributed by atoms with Crippen molar-refractivity contribution in [1.29, 1.82) is 0 Å². The molecule has 0 radical (unpaired) electrons. The molecule has 0 amide bonds. The molecule has 0 aliphatic rings. The normalized spacial score (nSPS) is 11.5. The van der Waals surface area contributed by atoms with Gasteiger partial charge in [0.1, 0.15) is 11.2 Å². The van der Waals surface area contributed by atoms with Gasteiger partial charge in [-0.25, -0.2) is 0 Å². The molecule has 11 aromatic carbocycles. The van der Waals surface area contributed by atoms with E-state index in [9.17, 15) is 0 Å². The first-order valence-corrected chi connectivity index (χ1v) is 21.2. The van der Waals surface area contributed by atoms with E-state index in [1.807, 2.05) is 0 Å². The fourth-order valence-electron chi connectivity index (χ4n) is 9.43. The molecule has 1 heterocycles. The number of rotatable bonds is 7. The van der Waals surface area contributed by atoms with Crippen LogP contribution in [0.25, 0.3) is 98.8 Å². The molecule has 0 fully saturated rings. The molecular formula is C60H39NO. The quantitative estimate of drug-likeness (QED) is 0.150. The van der Waals surface area contributed by atoms with Crippen LogP contribution in [0.1, 0.15) is 0 Å². The van der Waals surface area contributed by atoms with E-state index < -0.39 is 0 Å². The molecule has 2 heteroatoms. The summed E-state index contributed by atoms with van der Waals surface area (Å²) >= 11 is 0. The van der Waals surface area contributed by atoms with E-state index in [0.29, 0.717) is 0 Å². The molecule has 62 heavy (non-hydrogen) atoms. The van der Waals surface area contributed by atoms with Crippen molar-refractivity contribution in [2.75, 3.05) is 4.90 Å². The summed E-state index contributed by atoms with van der Waals surface area (Å²) in [7, 11) is 0. The second kappa shape index (κ2) is 14.8. The number of furan rings is 1. The molecule has 0 spiro atoms. The molecule has 0 atom stereocenters. The van der Waals surface area contributed by atoms with Gasteiger partial charge >= 0.3 is 0 Å². The van der Waals surface area contributed by atoms with E-state index in [-0.39, 0.29) is 0 Å². The third kappa shape index (κ3) is 6.12. The van der Waals surface area contributed by atoms with Crippen LogP contribution in [0.4, 0.5) is 17.1 Å². The van der Waals surface area contributed by atoms with E-state index in [0.717, 1.165) is 55.5 Å². The van der Waals surface area contributed by atoms with Gasteiger partial charge in [0.05, 0.1) is 0 Å². The van der Waals surface area contributed by atoms with Crippen molar-refractivity contribution in [1.82, 2.24) is 0 Å². The van der Waals surface area contributed by atoms with Crippen molar-refractivity contribution in [3.8, 4) is 44.5 Å². The molecule has 0 saturated carbocycles. The van der Waals surface area contributed by atoms with E-state index in [2.05, 4.69) is 241 Å². The van der Waals surface area contributed by atoms with Gasteiger partial charge in [0.25, 0.3) is 0 Å². The molecule has 12 aromatic rings. The first-order valence-electron chi connectivity index (χ1n) is 21.2. The lowest BCUT2D eigenvalue weighted by atomic mass is 9.93. The highest BCUT2D eigenvalue weighted by Crippen LogP contribution is 2.43. The number of fused-ring (bicyclic) bond motifs is 8. The van der Waals surface area contributed by atoms with Gasteiger partial charge in [-0.3, -0.25) is 0 Å². The molecule has 0 N–H and O–H groups in total. The van der Waals surface area contributed by atoms with Gasteiger partial charge in [-0.1, -0.05) is 176 Å². The molecule has 0 unspecified atom stereocenters. The van der Waals surface area contributed by atoms with Crippen LogP contribution in [0.15, 0.2) is 241 Å². The minimum Gasteiger partial charge on any atom is -0.455 e. The van der Waals surface area contributed by atoms with Crippen molar-refractivity contribution in [2.45, 2.75) is 0 Å². The maximum Gasteiger partial charge on any atom is 0.143 e. The average Bonchev–Trinajstić information content (AvgIpc) is 3.75. The number of benzene rings is 11. The topological polar surface area (TPSA) is 16.4 Å². The number of anilines is 3. The highest BCUT2D eigenvalue weighted by atomic mass is 16.3. The van der Waals surface area contributed by atoms with Gasteiger partial charge in [-0.05, 0) is 132 Å².